The standard InChI is InChI=1S/C9H11N5OS/c1-15-3-2-14-8(12-13-9(14)16)7-4-10-6-11-5-7/h4-6H,2-3H2,1H3,(H,13,16). The second kappa shape index (κ2) is 4.95. The molecule has 7 heteroatoms. The first-order valence-corrected chi connectivity index (χ1v) is 5.13. The Hall–Kier alpha value is -1.60. The van der Waals surface area contributed by atoms with Crippen LogP contribution in [0.15, 0.2) is 18.7 Å². The molecule has 6 nitrogen and oxygen atoms in total. The number of nitrogens with one attached hydrogen (secondary N) is 1. The van der Waals surface area contributed by atoms with Gasteiger partial charge in [-0.25, -0.2) is 9.97 Å². The fourth-order valence-electron chi connectivity index (χ4n) is 1.34. The zero-order chi connectivity index (χ0) is 11.4. The highest BCUT2D eigenvalue weighted by Crippen LogP contribution is 2.14. The summed E-state index contributed by atoms with van der Waals surface area (Å²) in [6.07, 6.45) is 4.87. The molecule has 0 atom stereocenters. The molecule has 0 aromatic carbocycles. The Morgan fingerprint density at radius 2 is 2.19 bits per heavy atom. The predicted octanol–water partition coefficient (Wildman–Crippen LogP) is 1.04. The summed E-state index contributed by atoms with van der Waals surface area (Å²) in [4.78, 5) is 7.90. The van der Waals surface area contributed by atoms with E-state index in [-0.39, 0.29) is 0 Å². The van der Waals surface area contributed by atoms with Crippen LogP contribution in [-0.2, 0) is 11.3 Å². The fraction of sp³-hybridized carbons (Fsp3) is 0.333. The van der Waals surface area contributed by atoms with Crippen molar-refractivity contribution in [3.8, 4) is 11.4 Å². The maximum atomic E-state index is 5.13. The Kier molecular flexibility index (Phi) is 3.37. The Balaban J connectivity index is 2.38. The van der Waals surface area contributed by atoms with Crippen molar-refractivity contribution in [2.24, 2.45) is 0 Å². The highest BCUT2D eigenvalue weighted by molar-refractivity contribution is 7.71. The summed E-state index contributed by atoms with van der Waals surface area (Å²) < 4.78 is 7.45. The van der Waals surface area contributed by atoms with Gasteiger partial charge in [0.2, 0.25) is 0 Å². The summed E-state index contributed by atoms with van der Waals surface area (Å²) in [6.45, 7) is 1.23. The molecule has 0 amide bonds. The maximum Gasteiger partial charge on any atom is 0.195 e. The van der Waals surface area contributed by atoms with Gasteiger partial charge in [-0.2, -0.15) is 5.10 Å². The lowest BCUT2D eigenvalue weighted by Gasteiger charge is -2.04. The van der Waals surface area contributed by atoms with Gasteiger partial charge in [0.25, 0.3) is 0 Å². The minimum absolute atomic E-state index is 0.566. The molecule has 0 spiro atoms. The molecular weight excluding hydrogens is 226 g/mol. The number of hydrogen-bond donors (Lipinski definition) is 1. The van der Waals surface area contributed by atoms with Crippen molar-refractivity contribution in [1.29, 1.82) is 0 Å². The van der Waals surface area contributed by atoms with Crippen LogP contribution in [-0.4, -0.2) is 38.4 Å². The summed E-state index contributed by atoms with van der Waals surface area (Å²) >= 11 is 5.13. The zero-order valence-electron chi connectivity index (χ0n) is 8.75. The van der Waals surface area contributed by atoms with E-state index in [0.29, 0.717) is 17.9 Å². The Bertz CT molecular complexity index is 506. The molecule has 84 valence electrons. The van der Waals surface area contributed by atoms with Gasteiger partial charge in [0.15, 0.2) is 10.6 Å². The van der Waals surface area contributed by atoms with Crippen LogP contribution >= 0.6 is 12.2 Å². The highest BCUT2D eigenvalue weighted by Gasteiger charge is 2.08. The largest absolute Gasteiger partial charge is 0.383 e. The van der Waals surface area contributed by atoms with Crippen LogP contribution in [0, 0.1) is 4.77 Å². The first-order valence-electron chi connectivity index (χ1n) is 4.72. The van der Waals surface area contributed by atoms with E-state index < -0.39 is 0 Å². The summed E-state index contributed by atoms with van der Waals surface area (Å²) in [5, 5.41) is 6.90. The average molecular weight is 237 g/mol. The van der Waals surface area contributed by atoms with Crippen molar-refractivity contribution >= 4 is 12.2 Å². The van der Waals surface area contributed by atoms with E-state index in [1.54, 1.807) is 19.5 Å². The molecule has 1 N–H and O–H groups in total. The molecule has 2 rings (SSSR count). The number of nitrogens with zero attached hydrogens (tertiary/aromatic N) is 4. The van der Waals surface area contributed by atoms with Gasteiger partial charge in [-0.05, 0) is 12.2 Å². The Morgan fingerprint density at radius 3 is 2.88 bits per heavy atom. The van der Waals surface area contributed by atoms with Gasteiger partial charge in [0, 0.05) is 19.5 Å². The van der Waals surface area contributed by atoms with Crippen molar-refractivity contribution in [2.75, 3.05) is 13.7 Å². The third-order valence-corrected chi connectivity index (χ3v) is 2.41. The maximum absolute atomic E-state index is 5.13. The molecule has 0 radical (unpaired) electrons. The minimum atomic E-state index is 0.566. The number of aromatic amines is 1. The van der Waals surface area contributed by atoms with Crippen LogP contribution in [0.25, 0.3) is 11.4 Å². The van der Waals surface area contributed by atoms with E-state index in [2.05, 4.69) is 20.2 Å². The summed E-state index contributed by atoms with van der Waals surface area (Å²) in [6, 6.07) is 0. The van der Waals surface area contributed by atoms with Crippen LogP contribution in [0.2, 0.25) is 0 Å². The molecule has 0 aliphatic heterocycles. The molecule has 0 unspecified atom stereocenters. The lowest BCUT2D eigenvalue weighted by molar-refractivity contribution is 0.187. The molecule has 2 aromatic heterocycles. The van der Waals surface area contributed by atoms with Crippen LogP contribution < -0.4 is 0 Å². The van der Waals surface area contributed by atoms with E-state index in [1.807, 2.05) is 4.57 Å². The SMILES string of the molecule is COCCn1c(-c2cncnc2)n[nH]c1=S. The number of methoxy groups -OCH3 is 1. The van der Waals surface area contributed by atoms with E-state index >= 15 is 0 Å². The molecule has 0 fully saturated rings. The third-order valence-electron chi connectivity index (χ3n) is 2.10. The lowest BCUT2D eigenvalue weighted by atomic mass is 10.3. The van der Waals surface area contributed by atoms with Gasteiger partial charge in [-0.15, -0.1) is 0 Å². The monoisotopic (exact) mass is 237 g/mol. The van der Waals surface area contributed by atoms with Crippen LogP contribution in [0.3, 0.4) is 0 Å². The second-order valence-corrected chi connectivity index (χ2v) is 3.51. The van der Waals surface area contributed by atoms with Crippen molar-refractivity contribution in [3.05, 3.63) is 23.5 Å². The van der Waals surface area contributed by atoms with E-state index in [1.165, 1.54) is 6.33 Å². The van der Waals surface area contributed by atoms with Gasteiger partial charge < -0.3 is 4.74 Å². The number of ether oxygens (including phenoxy) is 1. The van der Waals surface area contributed by atoms with Crippen molar-refractivity contribution in [2.45, 2.75) is 6.54 Å². The molecule has 2 heterocycles. The van der Waals surface area contributed by atoms with Crippen molar-refractivity contribution in [1.82, 2.24) is 24.7 Å². The number of H-pyrrole nitrogens is 1. The highest BCUT2D eigenvalue weighted by atomic mass is 32.1. The minimum Gasteiger partial charge on any atom is -0.383 e. The number of aromatic nitrogens is 5. The van der Waals surface area contributed by atoms with Gasteiger partial charge in [0.1, 0.15) is 6.33 Å². The lowest BCUT2D eigenvalue weighted by Crippen LogP contribution is -2.06. The molecular formula is C9H11N5OS. The molecule has 2 aromatic rings. The van der Waals surface area contributed by atoms with Crippen molar-refractivity contribution in [3.63, 3.8) is 0 Å². The zero-order valence-corrected chi connectivity index (χ0v) is 9.57. The third kappa shape index (κ3) is 2.15. The smallest absolute Gasteiger partial charge is 0.195 e. The van der Waals surface area contributed by atoms with Gasteiger partial charge in [0.05, 0.1) is 18.7 Å². The summed E-state index contributed by atoms with van der Waals surface area (Å²) in [5.41, 5.74) is 0.825. The molecule has 0 saturated carbocycles. The average Bonchev–Trinajstić information content (AvgIpc) is 2.69. The van der Waals surface area contributed by atoms with E-state index in [0.717, 1.165) is 11.4 Å². The Morgan fingerprint density at radius 1 is 1.44 bits per heavy atom. The number of hydrogen-bond acceptors (Lipinski definition) is 5. The fourth-order valence-corrected chi connectivity index (χ4v) is 1.57. The van der Waals surface area contributed by atoms with Gasteiger partial charge >= 0.3 is 0 Å². The normalized spacial score (nSPS) is 10.6. The second-order valence-electron chi connectivity index (χ2n) is 3.12. The first kappa shape index (κ1) is 10.9. The van der Waals surface area contributed by atoms with Crippen LogP contribution in [0.4, 0.5) is 0 Å². The van der Waals surface area contributed by atoms with Gasteiger partial charge in [-0.1, -0.05) is 0 Å². The van der Waals surface area contributed by atoms with E-state index in [4.69, 9.17) is 17.0 Å². The first-order chi connectivity index (χ1) is 7.83. The molecule has 16 heavy (non-hydrogen) atoms. The van der Waals surface area contributed by atoms with Crippen LogP contribution in [0.1, 0.15) is 0 Å². The molecule has 0 saturated heterocycles. The number of rotatable bonds is 4. The van der Waals surface area contributed by atoms with E-state index in [9.17, 15) is 0 Å². The summed E-state index contributed by atoms with van der Waals surface area (Å²) in [5.74, 6) is 0.725. The summed E-state index contributed by atoms with van der Waals surface area (Å²) in [7, 11) is 1.65. The van der Waals surface area contributed by atoms with Crippen molar-refractivity contribution < 1.29 is 4.74 Å². The Labute approximate surface area is 97.3 Å². The topological polar surface area (TPSA) is 68.6 Å². The quantitative estimate of drug-likeness (QED) is 0.805. The van der Waals surface area contributed by atoms with Gasteiger partial charge in [-0.3, -0.25) is 9.67 Å². The molecule has 0 bridgehead atoms. The molecule has 0 aliphatic carbocycles. The van der Waals surface area contributed by atoms with Crippen LogP contribution in [0.5, 0.6) is 0 Å². The molecule has 0 aliphatic rings. The predicted molar refractivity (Wildman–Crippen MR) is 60.3 cm³/mol.